The van der Waals surface area contributed by atoms with E-state index in [2.05, 4.69) is 5.32 Å². The summed E-state index contributed by atoms with van der Waals surface area (Å²) in [5, 5.41) is 3.48. The Morgan fingerprint density at radius 2 is 1.95 bits per heavy atom. The molecule has 0 unspecified atom stereocenters. The van der Waals surface area contributed by atoms with Crippen LogP contribution in [-0.4, -0.2) is 19.1 Å². The number of methoxy groups -OCH3 is 1. The first-order chi connectivity index (χ1) is 9.20. The number of anilines is 2. The normalized spacial score (nSPS) is 16.7. The number of hydrogen-bond acceptors (Lipinski definition) is 4. The molecule has 0 bridgehead atoms. The van der Waals surface area contributed by atoms with Crippen molar-refractivity contribution in [3.8, 4) is 0 Å². The number of rotatable bonds is 3. The van der Waals surface area contributed by atoms with Crippen LogP contribution in [0.4, 0.5) is 11.4 Å². The number of nitrogen functional groups attached to an aromatic ring is 1. The predicted octanol–water partition coefficient (Wildman–Crippen LogP) is 3.19. The monoisotopic (exact) mass is 262 g/mol. The molecule has 3 N–H and O–H groups in total. The van der Waals surface area contributed by atoms with E-state index in [0.717, 1.165) is 5.69 Å². The van der Waals surface area contributed by atoms with Crippen LogP contribution in [0.15, 0.2) is 18.2 Å². The smallest absolute Gasteiger partial charge is 0.337 e. The minimum atomic E-state index is -0.330. The molecule has 1 aliphatic carbocycles. The van der Waals surface area contributed by atoms with Crippen molar-refractivity contribution in [1.29, 1.82) is 0 Å². The summed E-state index contributed by atoms with van der Waals surface area (Å²) in [4.78, 5) is 11.5. The largest absolute Gasteiger partial charge is 0.465 e. The maximum absolute atomic E-state index is 11.5. The van der Waals surface area contributed by atoms with Gasteiger partial charge in [0.25, 0.3) is 0 Å². The minimum Gasteiger partial charge on any atom is -0.465 e. The van der Waals surface area contributed by atoms with Crippen LogP contribution in [0.1, 0.15) is 48.9 Å². The lowest BCUT2D eigenvalue weighted by Crippen LogP contribution is -2.19. The lowest BCUT2D eigenvalue weighted by molar-refractivity contribution is 0.0601. The summed E-state index contributed by atoms with van der Waals surface area (Å²) in [6.45, 7) is 0. The first-order valence-electron chi connectivity index (χ1n) is 6.95. The number of carbonyl (C=O) groups is 1. The number of hydrogen-bond donors (Lipinski definition) is 2. The van der Waals surface area contributed by atoms with Crippen molar-refractivity contribution < 1.29 is 9.53 Å². The lowest BCUT2D eigenvalue weighted by atomic mass is 10.1. The van der Waals surface area contributed by atoms with Gasteiger partial charge in [0.2, 0.25) is 0 Å². The van der Waals surface area contributed by atoms with Gasteiger partial charge in [0.1, 0.15) is 0 Å². The van der Waals surface area contributed by atoms with Crippen molar-refractivity contribution in [2.75, 3.05) is 18.2 Å². The molecule has 0 aliphatic heterocycles. The van der Waals surface area contributed by atoms with E-state index in [9.17, 15) is 4.79 Å². The Bertz CT molecular complexity index is 438. The molecule has 4 nitrogen and oxygen atoms in total. The van der Waals surface area contributed by atoms with Crippen LogP contribution in [0.5, 0.6) is 0 Å². The molecule has 19 heavy (non-hydrogen) atoms. The van der Waals surface area contributed by atoms with Crippen LogP contribution in [0.25, 0.3) is 0 Å². The molecule has 104 valence electrons. The Morgan fingerprint density at radius 1 is 1.26 bits per heavy atom. The van der Waals surface area contributed by atoms with Gasteiger partial charge >= 0.3 is 5.97 Å². The minimum absolute atomic E-state index is 0.330. The van der Waals surface area contributed by atoms with Crippen molar-refractivity contribution >= 4 is 17.3 Å². The van der Waals surface area contributed by atoms with Gasteiger partial charge < -0.3 is 15.8 Å². The number of esters is 1. The molecule has 0 heterocycles. The van der Waals surface area contributed by atoms with E-state index in [1.54, 1.807) is 18.2 Å². The van der Waals surface area contributed by atoms with Crippen molar-refractivity contribution in [3.63, 3.8) is 0 Å². The molecule has 0 radical (unpaired) electrons. The summed E-state index contributed by atoms with van der Waals surface area (Å²) >= 11 is 0. The molecule has 2 rings (SSSR count). The fourth-order valence-corrected chi connectivity index (χ4v) is 2.57. The Hall–Kier alpha value is -1.71. The first-order valence-corrected chi connectivity index (χ1v) is 6.95. The number of benzene rings is 1. The summed E-state index contributed by atoms with van der Waals surface area (Å²) < 4.78 is 4.73. The van der Waals surface area contributed by atoms with Crippen molar-refractivity contribution in [2.24, 2.45) is 0 Å². The zero-order valence-electron chi connectivity index (χ0n) is 11.4. The van der Waals surface area contributed by atoms with E-state index in [4.69, 9.17) is 10.5 Å². The van der Waals surface area contributed by atoms with Crippen molar-refractivity contribution in [3.05, 3.63) is 23.8 Å². The molecule has 1 aliphatic rings. The molecule has 1 fully saturated rings. The second-order valence-corrected chi connectivity index (χ2v) is 5.13. The van der Waals surface area contributed by atoms with Gasteiger partial charge in [-0.25, -0.2) is 4.79 Å². The van der Waals surface area contributed by atoms with E-state index >= 15 is 0 Å². The Labute approximate surface area is 114 Å². The molecule has 0 saturated heterocycles. The molecule has 0 atom stereocenters. The van der Waals surface area contributed by atoms with E-state index in [-0.39, 0.29) is 5.97 Å². The fourth-order valence-electron chi connectivity index (χ4n) is 2.57. The lowest BCUT2D eigenvalue weighted by Gasteiger charge is -2.19. The second-order valence-electron chi connectivity index (χ2n) is 5.13. The molecule has 1 aromatic carbocycles. The summed E-state index contributed by atoms with van der Waals surface area (Å²) in [6, 6.07) is 5.69. The van der Waals surface area contributed by atoms with Gasteiger partial charge in [-0.3, -0.25) is 0 Å². The van der Waals surface area contributed by atoms with Crippen LogP contribution in [0, 0.1) is 0 Å². The van der Waals surface area contributed by atoms with E-state index in [0.29, 0.717) is 17.3 Å². The van der Waals surface area contributed by atoms with Gasteiger partial charge in [0, 0.05) is 6.04 Å². The van der Waals surface area contributed by atoms with Crippen LogP contribution in [-0.2, 0) is 4.74 Å². The number of nitrogens with two attached hydrogens (primary N) is 1. The quantitative estimate of drug-likeness (QED) is 0.499. The molecule has 1 saturated carbocycles. The molecule has 0 amide bonds. The summed E-state index contributed by atoms with van der Waals surface area (Å²) in [5.74, 6) is -0.330. The summed E-state index contributed by atoms with van der Waals surface area (Å²) in [5.41, 5.74) is 8.03. The van der Waals surface area contributed by atoms with E-state index in [1.807, 2.05) is 0 Å². The van der Waals surface area contributed by atoms with Gasteiger partial charge in [-0.05, 0) is 31.0 Å². The van der Waals surface area contributed by atoms with Gasteiger partial charge in [-0.2, -0.15) is 0 Å². The molecule has 0 spiro atoms. The van der Waals surface area contributed by atoms with E-state index < -0.39 is 0 Å². The topological polar surface area (TPSA) is 64.3 Å². The molecule has 1 aromatic rings. The third kappa shape index (κ3) is 3.63. The van der Waals surface area contributed by atoms with E-state index in [1.165, 1.54) is 45.6 Å². The van der Waals surface area contributed by atoms with Gasteiger partial charge in [-0.15, -0.1) is 0 Å². The SMILES string of the molecule is COC(=O)c1ccc(N)c(NC2CCCCCC2)c1. The zero-order chi connectivity index (χ0) is 13.7. The summed E-state index contributed by atoms with van der Waals surface area (Å²) in [6.07, 6.45) is 7.48. The predicted molar refractivity (Wildman–Crippen MR) is 77.3 cm³/mol. The standard InChI is InChI=1S/C15H22N2O2/c1-19-15(18)11-8-9-13(16)14(10-11)17-12-6-4-2-3-5-7-12/h8-10,12,17H,2-7,16H2,1H3. The van der Waals surface area contributed by atoms with Gasteiger partial charge in [0.05, 0.1) is 24.0 Å². The second kappa shape index (κ2) is 6.45. The number of nitrogens with one attached hydrogen (secondary N) is 1. The van der Waals surface area contributed by atoms with Gasteiger partial charge in [-0.1, -0.05) is 25.7 Å². The van der Waals surface area contributed by atoms with Crippen molar-refractivity contribution in [2.45, 2.75) is 44.6 Å². The number of carbonyl (C=O) groups excluding carboxylic acids is 1. The third-order valence-electron chi connectivity index (χ3n) is 3.69. The van der Waals surface area contributed by atoms with Crippen LogP contribution < -0.4 is 11.1 Å². The Kier molecular flexibility index (Phi) is 4.66. The summed E-state index contributed by atoms with van der Waals surface area (Å²) in [7, 11) is 1.39. The molecule has 4 heteroatoms. The Morgan fingerprint density at radius 3 is 2.58 bits per heavy atom. The van der Waals surface area contributed by atoms with Crippen LogP contribution >= 0.6 is 0 Å². The maximum atomic E-state index is 11.5. The molecular weight excluding hydrogens is 240 g/mol. The third-order valence-corrected chi connectivity index (χ3v) is 3.69. The highest BCUT2D eigenvalue weighted by atomic mass is 16.5. The van der Waals surface area contributed by atoms with Crippen LogP contribution in [0.3, 0.4) is 0 Å². The van der Waals surface area contributed by atoms with Crippen molar-refractivity contribution in [1.82, 2.24) is 0 Å². The molecule has 0 aromatic heterocycles. The fraction of sp³-hybridized carbons (Fsp3) is 0.533. The Balaban J connectivity index is 2.11. The first kappa shape index (κ1) is 13.7. The highest BCUT2D eigenvalue weighted by molar-refractivity contribution is 5.91. The zero-order valence-corrected chi connectivity index (χ0v) is 11.4. The number of ether oxygens (including phenoxy) is 1. The maximum Gasteiger partial charge on any atom is 0.337 e. The average molecular weight is 262 g/mol. The van der Waals surface area contributed by atoms with Gasteiger partial charge in [0.15, 0.2) is 0 Å². The highest BCUT2D eigenvalue weighted by Gasteiger charge is 2.14. The molecular formula is C15H22N2O2. The average Bonchev–Trinajstić information content (AvgIpc) is 2.69. The van der Waals surface area contributed by atoms with Crippen LogP contribution in [0.2, 0.25) is 0 Å². The highest BCUT2D eigenvalue weighted by Crippen LogP contribution is 2.25.